The van der Waals surface area contributed by atoms with E-state index in [1.165, 1.54) is 6.07 Å². The summed E-state index contributed by atoms with van der Waals surface area (Å²) in [4.78, 5) is 27.8. The van der Waals surface area contributed by atoms with E-state index in [0.717, 1.165) is 41.5 Å². The molecule has 1 amide bonds. The van der Waals surface area contributed by atoms with Crippen LogP contribution in [0.1, 0.15) is 58.6 Å². The van der Waals surface area contributed by atoms with Crippen molar-refractivity contribution in [2.24, 2.45) is 5.92 Å². The van der Waals surface area contributed by atoms with Crippen molar-refractivity contribution in [3.8, 4) is 0 Å². The minimum Gasteiger partial charge on any atom is -0.342 e. The van der Waals surface area contributed by atoms with E-state index in [0.29, 0.717) is 19.5 Å². The van der Waals surface area contributed by atoms with Crippen LogP contribution in [0.3, 0.4) is 0 Å². The molecule has 1 aliphatic heterocycles. The molecule has 1 heterocycles. The summed E-state index contributed by atoms with van der Waals surface area (Å²) >= 11 is 6.15. The molecular formula is C24H25ClFNO2. The quantitative estimate of drug-likeness (QED) is 0.624. The second kappa shape index (κ2) is 8.27. The lowest BCUT2D eigenvalue weighted by Crippen LogP contribution is -2.41. The molecule has 1 atom stereocenters. The number of amides is 1. The van der Waals surface area contributed by atoms with Gasteiger partial charge in [-0.2, -0.15) is 0 Å². The van der Waals surface area contributed by atoms with Crippen LogP contribution in [0.5, 0.6) is 0 Å². The van der Waals surface area contributed by atoms with Crippen molar-refractivity contribution in [1.29, 1.82) is 0 Å². The van der Waals surface area contributed by atoms with Crippen LogP contribution in [-0.2, 0) is 11.2 Å². The number of halogens is 2. The highest BCUT2D eigenvalue weighted by molar-refractivity contribution is 6.31. The van der Waals surface area contributed by atoms with Crippen LogP contribution in [0.4, 0.5) is 4.39 Å². The number of rotatable bonds is 2. The van der Waals surface area contributed by atoms with E-state index in [2.05, 4.69) is 0 Å². The topological polar surface area (TPSA) is 37.4 Å². The molecule has 0 spiro atoms. The van der Waals surface area contributed by atoms with Crippen molar-refractivity contribution >= 4 is 23.3 Å². The molecule has 0 radical (unpaired) electrons. The molecule has 4 rings (SSSR count). The fourth-order valence-electron chi connectivity index (χ4n) is 4.77. The minimum atomic E-state index is -0.394. The third kappa shape index (κ3) is 3.95. The van der Waals surface area contributed by atoms with Crippen LogP contribution >= 0.6 is 11.6 Å². The molecule has 1 aliphatic carbocycles. The van der Waals surface area contributed by atoms with E-state index in [9.17, 15) is 14.0 Å². The molecule has 1 saturated heterocycles. The number of fused-ring (bicyclic) bond motifs is 1. The Morgan fingerprint density at radius 2 is 1.83 bits per heavy atom. The van der Waals surface area contributed by atoms with E-state index in [-0.39, 0.29) is 35.0 Å². The number of benzene rings is 2. The summed E-state index contributed by atoms with van der Waals surface area (Å²) in [5.41, 5.74) is 3.82. The molecule has 2 aliphatic rings. The van der Waals surface area contributed by atoms with E-state index in [4.69, 9.17) is 11.6 Å². The van der Waals surface area contributed by atoms with Gasteiger partial charge >= 0.3 is 0 Å². The van der Waals surface area contributed by atoms with E-state index < -0.39 is 5.82 Å². The van der Waals surface area contributed by atoms with E-state index >= 15 is 0 Å². The zero-order chi connectivity index (χ0) is 20.5. The van der Waals surface area contributed by atoms with Gasteiger partial charge in [-0.3, -0.25) is 9.59 Å². The second-order valence-electron chi connectivity index (χ2n) is 8.21. The summed E-state index contributed by atoms with van der Waals surface area (Å²) in [5, 5.41) is 0.194. The third-order valence-corrected chi connectivity index (χ3v) is 6.86. The number of carbonyl (C=O) groups is 2. The highest BCUT2D eigenvalue weighted by Crippen LogP contribution is 2.35. The standard InChI is InChI=1S/C24H25ClFNO2/c1-15-4-2-6-20-18(15)9-8-17(14-22(20)28)24(29)27-12-10-16(11-13-27)19-5-3-7-21(26)23(19)25/h2-7,16-17H,8-14H2,1H3. The molecule has 1 fully saturated rings. The third-order valence-electron chi connectivity index (χ3n) is 6.46. The van der Waals surface area contributed by atoms with Gasteiger partial charge in [0.1, 0.15) is 5.82 Å². The first-order valence-corrected chi connectivity index (χ1v) is 10.7. The van der Waals surface area contributed by atoms with Gasteiger partial charge in [-0.05, 0) is 61.3 Å². The van der Waals surface area contributed by atoms with Crippen LogP contribution < -0.4 is 0 Å². The Labute approximate surface area is 175 Å². The molecule has 1 unspecified atom stereocenters. The molecular weight excluding hydrogens is 389 g/mol. The first kappa shape index (κ1) is 20.1. The number of carbonyl (C=O) groups excluding carboxylic acids is 2. The molecule has 0 aromatic heterocycles. The van der Waals surface area contributed by atoms with Gasteiger partial charge < -0.3 is 4.90 Å². The van der Waals surface area contributed by atoms with Crippen LogP contribution in [0.2, 0.25) is 5.02 Å². The number of aryl methyl sites for hydroxylation is 1. The van der Waals surface area contributed by atoms with Crippen molar-refractivity contribution < 1.29 is 14.0 Å². The van der Waals surface area contributed by atoms with E-state index in [1.54, 1.807) is 6.07 Å². The average Bonchev–Trinajstić information content (AvgIpc) is 2.90. The lowest BCUT2D eigenvalue weighted by atomic mass is 9.88. The minimum absolute atomic E-state index is 0.0704. The molecule has 5 heteroatoms. The molecule has 2 aromatic carbocycles. The fraction of sp³-hybridized carbons (Fsp3) is 0.417. The lowest BCUT2D eigenvalue weighted by molar-refractivity contribution is -0.136. The summed E-state index contributed by atoms with van der Waals surface area (Å²) < 4.78 is 13.8. The van der Waals surface area contributed by atoms with Crippen LogP contribution in [0.15, 0.2) is 36.4 Å². The normalized spacial score (nSPS) is 20.3. The Morgan fingerprint density at radius 1 is 1.10 bits per heavy atom. The van der Waals surface area contributed by atoms with Crippen LogP contribution in [-0.4, -0.2) is 29.7 Å². The monoisotopic (exact) mass is 413 g/mol. The Kier molecular flexibility index (Phi) is 5.73. The first-order valence-electron chi connectivity index (χ1n) is 10.3. The number of hydrogen-bond acceptors (Lipinski definition) is 2. The Hall–Kier alpha value is -2.20. The van der Waals surface area contributed by atoms with Gasteiger partial charge in [-0.1, -0.05) is 41.9 Å². The van der Waals surface area contributed by atoms with Crippen molar-refractivity contribution in [2.75, 3.05) is 13.1 Å². The van der Waals surface area contributed by atoms with E-state index in [1.807, 2.05) is 36.1 Å². The summed E-state index contributed by atoms with van der Waals surface area (Å²) in [7, 11) is 0. The zero-order valence-corrected chi connectivity index (χ0v) is 17.3. The van der Waals surface area contributed by atoms with Crippen molar-refractivity contribution in [3.63, 3.8) is 0 Å². The molecule has 29 heavy (non-hydrogen) atoms. The van der Waals surface area contributed by atoms with Crippen LogP contribution in [0.25, 0.3) is 0 Å². The van der Waals surface area contributed by atoms with Gasteiger partial charge in [0.2, 0.25) is 5.91 Å². The molecule has 152 valence electrons. The molecule has 0 bridgehead atoms. The van der Waals surface area contributed by atoms with Crippen molar-refractivity contribution in [2.45, 2.75) is 44.9 Å². The van der Waals surface area contributed by atoms with Crippen molar-refractivity contribution in [3.05, 3.63) is 69.5 Å². The van der Waals surface area contributed by atoms with Gasteiger partial charge in [-0.15, -0.1) is 0 Å². The number of Topliss-reactive ketones (excluding diaryl/α,β-unsaturated/α-hetero) is 1. The Morgan fingerprint density at radius 3 is 2.59 bits per heavy atom. The van der Waals surface area contributed by atoms with Gasteiger partial charge in [0.15, 0.2) is 5.78 Å². The maximum Gasteiger partial charge on any atom is 0.226 e. The zero-order valence-electron chi connectivity index (χ0n) is 16.6. The number of piperidine rings is 1. The lowest BCUT2D eigenvalue weighted by Gasteiger charge is -2.34. The first-order chi connectivity index (χ1) is 14.0. The maximum absolute atomic E-state index is 13.8. The molecule has 0 saturated carbocycles. The smallest absolute Gasteiger partial charge is 0.226 e. The van der Waals surface area contributed by atoms with Gasteiger partial charge in [0.25, 0.3) is 0 Å². The predicted molar refractivity (Wildman–Crippen MR) is 112 cm³/mol. The highest BCUT2D eigenvalue weighted by Gasteiger charge is 2.33. The number of hydrogen-bond donors (Lipinski definition) is 0. The highest BCUT2D eigenvalue weighted by atomic mass is 35.5. The summed E-state index contributed by atoms with van der Waals surface area (Å²) in [6.07, 6.45) is 3.27. The molecule has 2 aromatic rings. The second-order valence-corrected chi connectivity index (χ2v) is 8.58. The number of nitrogens with zero attached hydrogens (tertiary/aromatic N) is 1. The Balaban J connectivity index is 1.42. The summed E-state index contributed by atoms with van der Waals surface area (Å²) in [6.45, 7) is 3.26. The summed E-state index contributed by atoms with van der Waals surface area (Å²) in [6, 6.07) is 10.7. The Bertz CT molecular complexity index is 950. The SMILES string of the molecule is Cc1cccc2c1CCC(C(=O)N1CCC(c3cccc(F)c3Cl)CC1)CC2=O. The maximum atomic E-state index is 13.8. The van der Waals surface area contributed by atoms with Crippen LogP contribution in [0, 0.1) is 18.7 Å². The molecule has 3 nitrogen and oxygen atoms in total. The fourth-order valence-corrected chi connectivity index (χ4v) is 5.05. The predicted octanol–water partition coefficient (Wildman–Crippen LogP) is 5.33. The largest absolute Gasteiger partial charge is 0.342 e. The van der Waals surface area contributed by atoms with Gasteiger partial charge in [0.05, 0.1) is 5.02 Å². The molecule has 0 N–H and O–H groups in total. The summed E-state index contributed by atoms with van der Waals surface area (Å²) in [5.74, 6) is -0.350. The number of ketones is 1. The van der Waals surface area contributed by atoms with Gasteiger partial charge in [0, 0.05) is 31.0 Å². The number of likely N-dealkylation sites (tertiary alicyclic amines) is 1. The average molecular weight is 414 g/mol. The van der Waals surface area contributed by atoms with Crippen molar-refractivity contribution in [1.82, 2.24) is 4.90 Å². The van der Waals surface area contributed by atoms with Gasteiger partial charge in [-0.25, -0.2) is 4.39 Å².